The SMILES string of the molecule is COc1cc(/C=C/c2ccc3ccccc3c2)c(C=O)cc1/C=C/c1ccc2ccccc2c1. The monoisotopic (exact) mass is 440 g/mol. The van der Waals surface area contributed by atoms with Crippen molar-refractivity contribution in [1.29, 1.82) is 0 Å². The van der Waals surface area contributed by atoms with Gasteiger partial charge in [0.25, 0.3) is 0 Å². The Bertz CT molecular complexity index is 1560. The molecule has 2 nitrogen and oxygen atoms in total. The van der Waals surface area contributed by atoms with E-state index in [0.29, 0.717) is 5.56 Å². The maximum atomic E-state index is 11.9. The van der Waals surface area contributed by atoms with Crippen molar-refractivity contribution < 1.29 is 9.53 Å². The lowest BCUT2D eigenvalue weighted by Crippen LogP contribution is -1.93. The second-order valence-corrected chi connectivity index (χ2v) is 8.22. The Morgan fingerprint density at radius 1 is 0.529 bits per heavy atom. The third-order valence-electron chi connectivity index (χ3n) is 6.02. The number of benzene rings is 5. The van der Waals surface area contributed by atoms with Gasteiger partial charge >= 0.3 is 0 Å². The largest absolute Gasteiger partial charge is 0.496 e. The van der Waals surface area contributed by atoms with Crippen LogP contribution in [0.3, 0.4) is 0 Å². The van der Waals surface area contributed by atoms with Crippen LogP contribution in [-0.4, -0.2) is 13.4 Å². The van der Waals surface area contributed by atoms with Gasteiger partial charge in [-0.1, -0.05) is 97.1 Å². The fourth-order valence-electron chi connectivity index (χ4n) is 4.18. The Labute approximate surface area is 199 Å². The lowest BCUT2D eigenvalue weighted by Gasteiger charge is -2.09. The molecule has 0 N–H and O–H groups in total. The molecule has 0 aromatic heterocycles. The van der Waals surface area contributed by atoms with E-state index in [4.69, 9.17) is 4.74 Å². The summed E-state index contributed by atoms with van der Waals surface area (Å²) in [6, 6.07) is 33.1. The van der Waals surface area contributed by atoms with Gasteiger partial charge in [-0.3, -0.25) is 4.79 Å². The van der Waals surface area contributed by atoms with Crippen LogP contribution < -0.4 is 4.74 Å². The van der Waals surface area contributed by atoms with Crippen molar-refractivity contribution in [3.8, 4) is 5.75 Å². The zero-order chi connectivity index (χ0) is 23.3. The molecule has 0 atom stereocenters. The van der Waals surface area contributed by atoms with Gasteiger partial charge in [-0.2, -0.15) is 0 Å². The van der Waals surface area contributed by atoms with Crippen molar-refractivity contribution in [1.82, 2.24) is 0 Å². The second kappa shape index (κ2) is 9.60. The van der Waals surface area contributed by atoms with Gasteiger partial charge in [0.2, 0.25) is 0 Å². The molecule has 34 heavy (non-hydrogen) atoms. The lowest BCUT2D eigenvalue weighted by atomic mass is 10.0. The average molecular weight is 441 g/mol. The van der Waals surface area contributed by atoms with E-state index in [1.807, 2.05) is 60.7 Å². The third-order valence-corrected chi connectivity index (χ3v) is 6.02. The van der Waals surface area contributed by atoms with Crippen LogP contribution in [0.25, 0.3) is 45.8 Å². The number of hydrogen-bond donors (Lipinski definition) is 0. The number of aldehydes is 1. The summed E-state index contributed by atoms with van der Waals surface area (Å²) in [5.74, 6) is 0.723. The quantitative estimate of drug-likeness (QED) is 0.197. The normalized spacial score (nSPS) is 11.6. The zero-order valence-corrected chi connectivity index (χ0v) is 18.9. The molecule has 0 aliphatic heterocycles. The lowest BCUT2D eigenvalue weighted by molar-refractivity contribution is 0.112. The summed E-state index contributed by atoms with van der Waals surface area (Å²) in [5.41, 5.74) is 4.47. The molecular formula is C32H24O2. The summed E-state index contributed by atoms with van der Waals surface area (Å²) in [6.07, 6.45) is 8.93. The molecule has 0 spiro atoms. The standard InChI is InChI=1S/C32H24O2/c1-34-32-21-29(16-12-23-10-14-25-6-2-4-8-27(25)18-23)31(22-33)20-30(32)17-13-24-11-15-26-7-3-5-9-28(26)19-24/h2-22H,1H3/b16-12+,17-13+. The molecular weight excluding hydrogens is 416 g/mol. The van der Waals surface area contributed by atoms with E-state index in [-0.39, 0.29) is 0 Å². The van der Waals surface area contributed by atoms with Gasteiger partial charge in [-0.15, -0.1) is 0 Å². The molecule has 0 heterocycles. The predicted molar refractivity (Wildman–Crippen MR) is 144 cm³/mol. The number of carbonyl (C=O) groups excluding carboxylic acids is 1. The first kappa shape index (κ1) is 21.4. The molecule has 0 saturated carbocycles. The van der Waals surface area contributed by atoms with Crippen LogP contribution in [0.15, 0.2) is 97.1 Å². The van der Waals surface area contributed by atoms with E-state index in [0.717, 1.165) is 34.3 Å². The Hall–Kier alpha value is -4.43. The number of methoxy groups -OCH3 is 1. The van der Waals surface area contributed by atoms with Gasteiger partial charge in [0.05, 0.1) is 7.11 Å². The van der Waals surface area contributed by atoms with Gasteiger partial charge in [0.1, 0.15) is 5.75 Å². The van der Waals surface area contributed by atoms with Crippen molar-refractivity contribution in [2.75, 3.05) is 7.11 Å². The second-order valence-electron chi connectivity index (χ2n) is 8.22. The third kappa shape index (κ3) is 4.53. The number of ether oxygens (including phenoxy) is 1. The van der Waals surface area contributed by atoms with E-state index in [9.17, 15) is 4.79 Å². The highest BCUT2D eigenvalue weighted by molar-refractivity contribution is 5.91. The minimum absolute atomic E-state index is 0.621. The summed E-state index contributed by atoms with van der Waals surface area (Å²) in [7, 11) is 1.65. The Morgan fingerprint density at radius 2 is 1.06 bits per heavy atom. The summed E-state index contributed by atoms with van der Waals surface area (Å²) in [4.78, 5) is 11.9. The van der Waals surface area contributed by atoms with Crippen LogP contribution in [0.2, 0.25) is 0 Å². The average Bonchev–Trinajstić information content (AvgIpc) is 2.90. The smallest absolute Gasteiger partial charge is 0.150 e. The van der Waals surface area contributed by atoms with Crippen molar-refractivity contribution in [2.45, 2.75) is 0 Å². The van der Waals surface area contributed by atoms with E-state index in [1.54, 1.807) is 7.11 Å². The summed E-state index contributed by atoms with van der Waals surface area (Å²) < 4.78 is 5.65. The number of rotatable bonds is 6. The summed E-state index contributed by atoms with van der Waals surface area (Å²) in [6.45, 7) is 0. The Balaban J connectivity index is 1.45. The van der Waals surface area contributed by atoms with Crippen LogP contribution in [0, 0.1) is 0 Å². The molecule has 5 rings (SSSR count). The molecule has 5 aromatic carbocycles. The van der Waals surface area contributed by atoms with Crippen LogP contribution in [-0.2, 0) is 0 Å². The van der Waals surface area contributed by atoms with E-state index in [2.05, 4.69) is 60.7 Å². The molecule has 0 bridgehead atoms. The van der Waals surface area contributed by atoms with Crippen LogP contribution in [0.1, 0.15) is 32.6 Å². The molecule has 164 valence electrons. The van der Waals surface area contributed by atoms with Gasteiger partial charge in [0.15, 0.2) is 6.29 Å². The van der Waals surface area contributed by atoms with Gasteiger partial charge < -0.3 is 4.74 Å². The van der Waals surface area contributed by atoms with Gasteiger partial charge in [0, 0.05) is 11.1 Å². The zero-order valence-electron chi connectivity index (χ0n) is 18.9. The highest BCUT2D eigenvalue weighted by Crippen LogP contribution is 2.27. The fraction of sp³-hybridized carbons (Fsp3) is 0.0312. The maximum Gasteiger partial charge on any atom is 0.150 e. The van der Waals surface area contributed by atoms with E-state index >= 15 is 0 Å². The first-order valence-corrected chi connectivity index (χ1v) is 11.2. The topological polar surface area (TPSA) is 26.3 Å². The summed E-state index contributed by atoms with van der Waals surface area (Å²) in [5, 5.41) is 4.80. The molecule has 0 aliphatic carbocycles. The predicted octanol–water partition coefficient (Wildman–Crippen LogP) is 8.15. The van der Waals surface area contributed by atoms with Crippen LogP contribution in [0.4, 0.5) is 0 Å². The fourth-order valence-corrected chi connectivity index (χ4v) is 4.18. The molecule has 0 fully saturated rings. The highest BCUT2D eigenvalue weighted by Gasteiger charge is 2.07. The first-order valence-electron chi connectivity index (χ1n) is 11.2. The van der Waals surface area contributed by atoms with Crippen molar-refractivity contribution >= 4 is 52.1 Å². The molecule has 5 aromatic rings. The minimum atomic E-state index is 0.621. The van der Waals surface area contributed by atoms with Crippen LogP contribution in [0.5, 0.6) is 5.75 Å². The number of carbonyl (C=O) groups is 1. The van der Waals surface area contributed by atoms with E-state index in [1.165, 1.54) is 21.5 Å². The Kier molecular flexibility index (Phi) is 6.05. The molecule has 0 saturated heterocycles. The minimum Gasteiger partial charge on any atom is -0.496 e. The van der Waals surface area contributed by atoms with Crippen molar-refractivity contribution in [3.63, 3.8) is 0 Å². The highest BCUT2D eigenvalue weighted by atomic mass is 16.5. The summed E-state index contributed by atoms with van der Waals surface area (Å²) >= 11 is 0. The first-order chi connectivity index (χ1) is 16.7. The molecule has 0 radical (unpaired) electrons. The van der Waals surface area contributed by atoms with Crippen LogP contribution >= 0.6 is 0 Å². The molecule has 0 unspecified atom stereocenters. The van der Waals surface area contributed by atoms with Gasteiger partial charge in [-0.05, 0) is 62.5 Å². The van der Waals surface area contributed by atoms with Gasteiger partial charge in [-0.25, -0.2) is 0 Å². The van der Waals surface area contributed by atoms with E-state index < -0.39 is 0 Å². The van der Waals surface area contributed by atoms with Crippen molar-refractivity contribution in [3.05, 3.63) is 125 Å². The molecule has 0 aliphatic rings. The number of hydrogen-bond acceptors (Lipinski definition) is 2. The molecule has 0 amide bonds. The Morgan fingerprint density at radius 3 is 1.59 bits per heavy atom. The van der Waals surface area contributed by atoms with Crippen molar-refractivity contribution in [2.24, 2.45) is 0 Å². The maximum absolute atomic E-state index is 11.9. The molecule has 2 heteroatoms. The number of fused-ring (bicyclic) bond motifs is 2.